The molecule has 6 nitrogen and oxygen atoms in total. The first kappa shape index (κ1) is 23.3. The summed E-state index contributed by atoms with van der Waals surface area (Å²) < 4.78 is 0. The van der Waals surface area contributed by atoms with Crippen LogP contribution in [0.15, 0.2) is 48.5 Å². The number of hydrogen-bond donors (Lipinski definition) is 1. The quantitative estimate of drug-likeness (QED) is 0.393. The third-order valence-corrected chi connectivity index (χ3v) is 7.85. The van der Waals surface area contributed by atoms with Crippen molar-refractivity contribution in [2.45, 2.75) is 34.1 Å². The van der Waals surface area contributed by atoms with Crippen LogP contribution in [0.5, 0.6) is 0 Å². The molecule has 2 aromatic heterocycles. The highest BCUT2D eigenvalue weighted by molar-refractivity contribution is 7.18. The highest BCUT2D eigenvalue weighted by Gasteiger charge is 2.25. The van der Waals surface area contributed by atoms with Crippen LogP contribution in [0.25, 0.3) is 10.2 Å². The molecule has 0 radical (unpaired) electrons. The van der Waals surface area contributed by atoms with Crippen molar-refractivity contribution in [1.29, 1.82) is 0 Å². The highest BCUT2D eigenvalue weighted by Crippen LogP contribution is 2.35. The highest BCUT2D eigenvalue weighted by atomic mass is 32.1. The maximum atomic E-state index is 12.9. The van der Waals surface area contributed by atoms with Crippen LogP contribution in [0.1, 0.15) is 33.0 Å². The first-order valence-electron chi connectivity index (χ1n) is 12.1. The van der Waals surface area contributed by atoms with Crippen molar-refractivity contribution in [1.82, 2.24) is 14.9 Å². The summed E-state index contributed by atoms with van der Waals surface area (Å²) in [5, 5.41) is 4.24. The molecule has 0 aliphatic carbocycles. The second kappa shape index (κ2) is 9.66. The van der Waals surface area contributed by atoms with Gasteiger partial charge >= 0.3 is 6.03 Å². The molecule has 7 heteroatoms. The summed E-state index contributed by atoms with van der Waals surface area (Å²) in [6, 6.07) is 16.4. The molecule has 1 fully saturated rings. The molecule has 0 spiro atoms. The molecule has 1 saturated heterocycles. The molecular weight excluding hydrogens is 454 g/mol. The van der Waals surface area contributed by atoms with Crippen molar-refractivity contribution in [3.8, 4) is 0 Å². The number of nitrogens with one attached hydrogen (secondary N) is 1. The monoisotopic (exact) mass is 485 g/mol. The zero-order chi connectivity index (χ0) is 24.5. The maximum Gasteiger partial charge on any atom is 0.321 e. The Kier molecular flexibility index (Phi) is 6.43. The summed E-state index contributed by atoms with van der Waals surface area (Å²) in [6.07, 6.45) is 0.706. The molecule has 2 aromatic carbocycles. The van der Waals surface area contributed by atoms with Gasteiger partial charge in [0.1, 0.15) is 16.5 Å². The summed E-state index contributed by atoms with van der Waals surface area (Å²) >= 11 is 1.74. The lowest BCUT2D eigenvalue weighted by atomic mass is 10.1. The molecule has 5 rings (SSSR count). The molecule has 35 heavy (non-hydrogen) atoms. The molecule has 180 valence electrons. The minimum Gasteiger partial charge on any atom is -0.352 e. The number of aromatic nitrogens is 2. The van der Waals surface area contributed by atoms with Gasteiger partial charge in [-0.25, -0.2) is 14.8 Å². The van der Waals surface area contributed by atoms with Gasteiger partial charge in [0.25, 0.3) is 0 Å². The van der Waals surface area contributed by atoms with Crippen molar-refractivity contribution >= 4 is 39.1 Å². The van der Waals surface area contributed by atoms with Crippen LogP contribution in [0.4, 0.5) is 16.3 Å². The van der Waals surface area contributed by atoms with E-state index in [1.54, 1.807) is 11.3 Å². The molecule has 4 aromatic rings. The average molecular weight is 486 g/mol. The largest absolute Gasteiger partial charge is 0.352 e. The van der Waals surface area contributed by atoms with Gasteiger partial charge in [0.05, 0.1) is 5.39 Å². The Morgan fingerprint density at radius 1 is 0.971 bits per heavy atom. The number of urea groups is 1. The fourth-order valence-corrected chi connectivity index (χ4v) is 5.67. The van der Waals surface area contributed by atoms with E-state index < -0.39 is 0 Å². The maximum absolute atomic E-state index is 12.9. The molecule has 3 heterocycles. The number of fused-ring (bicyclic) bond motifs is 1. The van der Waals surface area contributed by atoms with E-state index in [0.29, 0.717) is 19.5 Å². The van der Waals surface area contributed by atoms with Crippen molar-refractivity contribution in [2.24, 2.45) is 0 Å². The Morgan fingerprint density at radius 3 is 2.43 bits per heavy atom. The number of aryl methyl sites for hydroxylation is 4. The topological polar surface area (TPSA) is 61.4 Å². The Morgan fingerprint density at radius 2 is 1.71 bits per heavy atom. The fourth-order valence-electron chi connectivity index (χ4n) is 4.63. The van der Waals surface area contributed by atoms with Crippen molar-refractivity contribution < 1.29 is 4.79 Å². The molecule has 0 atom stereocenters. The van der Waals surface area contributed by atoms with E-state index in [1.807, 2.05) is 30.0 Å². The zero-order valence-electron chi connectivity index (χ0n) is 20.8. The van der Waals surface area contributed by atoms with Crippen LogP contribution in [0.2, 0.25) is 0 Å². The van der Waals surface area contributed by atoms with Gasteiger partial charge < -0.3 is 15.1 Å². The van der Waals surface area contributed by atoms with E-state index in [9.17, 15) is 4.79 Å². The number of amides is 2. The number of carbonyl (C=O) groups is 1. The minimum absolute atomic E-state index is 0.0447. The summed E-state index contributed by atoms with van der Waals surface area (Å²) in [4.78, 5) is 29.5. The summed E-state index contributed by atoms with van der Waals surface area (Å²) in [6.45, 7) is 11.2. The summed E-state index contributed by atoms with van der Waals surface area (Å²) in [5.41, 5.74) is 5.60. The molecule has 0 saturated carbocycles. The summed E-state index contributed by atoms with van der Waals surface area (Å²) in [5.74, 6) is 1.84. The lowest BCUT2D eigenvalue weighted by Crippen LogP contribution is -2.50. The number of hydrogen-bond acceptors (Lipinski definition) is 5. The molecule has 2 amide bonds. The third-order valence-electron chi connectivity index (χ3n) is 6.75. The summed E-state index contributed by atoms with van der Waals surface area (Å²) in [7, 11) is 0. The second-order valence-corrected chi connectivity index (χ2v) is 10.5. The normalized spacial score (nSPS) is 13.9. The number of benzene rings is 2. The number of thiophene rings is 1. The van der Waals surface area contributed by atoms with Gasteiger partial charge in [-0.3, -0.25) is 0 Å². The van der Waals surface area contributed by atoms with E-state index in [-0.39, 0.29) is 6.03 Å². The molecule has 1 N–H and O–H groups in total. The van der Waals surface area contributed by atoms with Gasteiger partial charge in [-0.2, -0.15) is 0 Å². The van der Waals surface area contributed by atoms with Crippen LogP contribution in [0, 0.1) is 27.7 Å². The van der Waals surface area contributed by atoms with Gasteiger partial charge in [-0.1, -0.05) is 48.0 Å². The van der Waals surface area contributed by atoms with E-state index in [2.05, 4.69) is 61.3 Å². The number of carbonyl (C=O) groups excluding carboxylic acids is 1. The molecular formula is C28H31N5OS. The van der Waals surface area contributed by atoms with Gasteiger partial charge in [0.15, 0.2) is 0 Å². The van der Waals surface area contributed by atoms with E-state index >= 15 is 0 Å². The Labute approximate surface area is 210 Å². The lowest BCUT2D eigenvalue weighted by molar-refractivity contribution is 0.208. The Hall–Kier alpha value is -3.45. The SMILES string of the molecule is Cc1ccc(NC(=O)N2CCN(c3nc(Cc4ccccc4)nc4sc(C)c(C)c34)CC2)c(C)c1. The van der Waals surface area contributed by atoms with E-state index in [4.69, 9.17) is 9.97 Å². The predicted molar refractivity (Wildman–Crippen MR) is 145 cm³/mol. The predicted octanol–water partition coefficient (Wildman–Crippen LogP) is 5.87. The van der Waals surface area contributed by atoms with Crippen LogP contribution in [0.3, 0.4) is 0 Å². The van der Waals surface area contributed by atoms with Gasteiger partial charge in [-0.05, 0) is 50.5 Å². The first-order valence-corrected chi connectivity index (χ1v) is 12.9. The zero-order valence-corrected chi connectivity index (χ0v) is 21.6. The van der Waals surface area contributed by atoms with Crippen molar-refractivity contribution in [3.05, 3.63) is 81.5 Å². The Balaban J connectivity index is 1.35. The molecule has 1 aliphatic heterocycles. The van der Waals surface area contributed by atoms with E-state index in [1.165, 1.54) is 21.6 Å². The number of anilines is 2. The van der Waals surface area contributed by atoms with Crippen LogP contribution >= 0.6 is 11.3 Å². The Bertz CT molecular complexity index is 1370. The molecule has 0 bridgehead atoms. The average Bonchev–Trinajstić information content (AvgIpc) is 3.14. The smallest absolute Gasteiger partial charge is 0.321 e. The first-order chi connectivity index (χ1) is 16.9. The molecule has 0 unspecified atom stereocenters. The van der Waals surface area contributed by atoms with Gasteiger partial charge in [0, 0.05) is 43.2 Å². The van der Waals surface area contributed by atoms with Gasteiger partial charge in [-0.15, -0.1) is 11.3 Å². The van der Waals surface area contributed by atoms with Gasteiger partial charge in [0.2, 0.25) is 0 Å². The molecule has 1 aliphatic rings. The van der Waals surface area contributed by atoms with E-state index in [0.717, 1.165) is 46.2 Å². The number of rotatable bonds is 4. The van der Waals surface area contributed by atoms with Crippen molar-refractivity contribution in [2.75, 3.05) is 36.4 Å². The third kappa shape index (κ3) is 4.86. The fraction of sp³-hybridized carbons (Fsp3) is 0.321. The number of nitrogens with zero attached hydrogens (tertiary/aromatic N) is 4. The van der Waals surface area contributed by atoms with Crippen LogP contribution in [-0.2, 0) is 6.42 Å². The van der Waals surface area contributed by atoms with Crippen molar-refractivity contribution in [3.63, 3.8) is 0 Å². The lowest BCUT2D eigenvalue weighted by Gasteiger charge is -2.36. The van der Waals surface area contributed by atoms with Crippen LogP contribution < -0.4 is 10.2 Å². The number of piperazine rings is 1. The second-order valence-electron chi connectivity index (χ2n) is 9.31. The van der Waals surface area contributed by atoms with Crippen LogP contribution in [-0.4, -0.2) is 47.1 Å². The standard InChI is InChI=1S/C28H31N5OS/c1-18-10-11-23(19(2)16-18)29-28(34)33-14-12-32(13-15-33)26-25-20(3)21(4)35-27(25)31-24(30-26)17-22-8-6-5-7-9-22/h5-11,16H,12-15,17H2,1-4H3,(H,29,34). The minimum atomic E-state index is -0.0447.